The fourth-order valence-corrected chi connectivity index (χ4v) is 6.97. The van der Waals surface area contributed by atoms with Crippen molar-refractivity contribution in [1.82, 2.24) is 19.6 Å². The number of aromatic nitrogens is 2. The predicted molar refractivity (Wildman–Crippen MR) is 175 cm³/mol. The van der Waals surface area contributed by atoms with Crippen molar-refractivity contribution >= 4 is 17.7 Å². The van der Waals surface area contributed by atoms with E-state index >= 15 is 0 Å². The third-order valence-electron chi connectivity index (χ3n) is 9.19. The molecule has 2 amide bonds. The zero-order chi connectivity index (χ0) is 31.4. The van der Waals surface area contributed by atoms with Gasteiger partial charge in [0.2, 0.25) is 0 Å². The average Bonchev–Trinajstić information content (AvgIpc) is 3.50. The van der Waals surface area contributed by atoms with Crippen molar-refractivity contribution in [3.8, 4) is 5.69 Å². The van der Waals surface area contributed by atoms with Gasteiger partial charge in [0, 0.05) is 44.3 Å². The van der Waals surface area contributed by atoms with E-state index in [0.717, 1.165) is 74.6 Å². The monoisotopic (exact) mass is 613 g/mol. The molecule has 0 N–H and O–H groups in total. The van der Waals surface area contributed by atoms with E-state index in [-0.39, 0.29) is 24.0 Å². The summed E-state index contributed by atoms with van der Waals surface area (Å²) < 4.78 is 13.3. The second kappa shape index (κ2) is 13.6. The molecule has 0 radical (unpaired) electrons. The molecule has 240 valence electrons. The number of amides is 2. The second-order valence-corrected chi connectivity index (χ2v) is 13.6. The molecule has 6 rings (SSSR count). The molecule has 3 heterocycles. The highest BCUT2D eigenvalue weighted by Crippen LogP contribution is 2.37. The minimum Gasteiger partial charge on any atom is -0.444 e. The quantitative estimate of drug-likeness (QED) is 0.336. The Bertz CT molecular complexity index is 1450. The normalized spacial score (nSPS) is 19.9. The van der Waals surface area contributed by atoms with E-state index in [1.807, 2.05) is 48.6 Å². The number of anilines is 1. The van der Waals surface area contributed by atoms with Crippen molar-refractivity contribution < 1.29 is 19.1 Å². The van der Waals surface area contributed by atoms with Gasteiger partial charge in [-0.05, 0) is 63.8 Å². The Morgan fingerprint density at radius 2 is 1.64 bits per heavy atom. The second-order valence-electron chi connectivity index (χ2n) is 13.6. The molecule has 1 atom stereocenters. The lowest BCUT2D eigenvalue weighted by atomic mass is 9.85. The van der Waals surface area contributed by atoms with Crippen LogP contribution in [0.4, 0.5) is 10.5 Å². The van der Waals surface area contributed by atoms with Crippen LogP contribution < -0.4 is 4.90 Å². The van der Waals surface area contributed by atoms with Gasteiger partial charge in [0.25, 0.3) is 5.91 Å². The van der Waals surface area contributed by atoms with Gasteiger partial charge in [0.05, 0.1) is 42.4 Å². The summed E-state index contributed by atoms with van der Waals surface area (Å²) in [6.07, 6.45) is 7.75. The van der Waals surface area contributed by atoms with E-state index in [1.165, 1.54) is 6.42 Å². The van der Waals surface area contributed by atoms with E-state index in [0.29, 0.717) is 31.6 Å². The molecule has 1 aliphatic carbocycles. The SMILES string of the molecule is CC(C)(C)OC(=O)N1CCN(C(=O)c2cnn(-c3cccc(N4CCOCC4)c3)c2C2CCCCC2)[C@H](Cc2ccccc2)C1. The van der Waals surface area contributed by atoms with Crippen molar-refractivity contribution in [2.24, 2.45) is 0 Å². The Hall–Kier alpha value is -3.85. The van der Waals surface area contributed by atoms with E-state index in [2.05, 4.69) is 41.3 Å². The van der Waals surface area contributed by atoms with E-state index in [1.54, 1.807) is 11.1 Å². The van der Waals surface area contributed by atoms with Crippen LogP contribution >= 0.6 is 0 Å². The molecule has 3 fully saturated rings. The van der Waals surface area contributed by atoms with E-state index < -0.39 is 5.60 Å². The molecule has 1 aromatic heterocycles. The van der Waals surface area contributed by atoms with Gasteiger partial charge in [-0.1, -0.05) is 55.7 Å². The Labute approximate surface area is 267 Å². The number of morpholine rings is 1. The number of hydrogen-bond acceptors (Lipinski definition) is 6. The van der Waals surface area contributed by atoms with Crippen molar-refractivity contribution in [2.75, 3.05) is 50.8 Å². The molecule has 2 saturated heterocycles. The molecule has 3 aliphatic rings. The van der Waals surface area contributed by atoms with Gasteiger partial charge in [-0.2, -0.15) is 5.10 Å². The van der Waals surface area contributed by atoms with Crippen LogP contribution in [0, 0.1) is 0 Å². The fraction of sp³-hybridized carbons (Fsp3) is 0.528. The zero-order valence-electron chi connectivity index (χ0n) is 27.0. The first-order chi connectivity index (χ1) is 21.8. The molecule has 9 heteroatoms. The van der Waals surface area contributed by atoms with Gasteiger partial charge < -0.3 is 24.2 Å². The number of benzene rings is 2. The Morgan fingerprint density at radius 3 is 2.38 bits per heavy atom. The average molecular weight is 614 g/mol. The topological polar surface area (TPSA) is 80.1 Å². The summed E-state index contributed by atoms with van der Waals surface area (Å²) in [5.41, 5.74) is 4.38. The number of piperazine rings is 1. The summed E-state index contributed by atoms with van der Waals surface area (Å²) in [5, 5.41) is 4.90. The molecule has 45 heavy (non-hydrogen) atoms. The Kier molecular flexibility index (Phi) is 9.45. The number of hydrogen-bond donors (Lipinski definition) is 0. The summed E-state index contributed by atoms with van der Waals surface area (Å²) in [7, 11) is 0. The maximum absolute atomic E-state index is 14.6. The molecule has 3 aromatic rings. The minimum absolute atomic E-state index is 0.00377. The van der Waals surface area contributed by atoms with Crippen LogP contribution in [0.1, 0.15) is 80.4 Å². The maximum atomic E-state index is 14.6. The van der Waals surface area contributed by atoms with Crippen molar-refractivity contribution in [2.45, 2.75) is 76.9 Å². The summed E-state index contributed by atoms with van der Waals surface area (Å²) in [5.74, 6) is 0.263. The van der Waals surface area contributed by atoms with Crippen molar-refractivity contribution in [3.05, 3.63) is 77.6 Å². The van der Waals surface area contributed by atoms with Gasteiger partial charge in [0.1, 0.15) is 5.60 Å². The summed E-state index contributed by atoms with van der Waals surface area (Å²) in [6.45, 7) is 10.1. The Balaban J connectivity index is 1.32. The van der Waals surface area contributed by atoms with Gasteiger partial charge in [0.15, 0.2) is 0 Å². The molecular weight excluding hydrogens is 566 g/mol. The highest BCUT2D eigenvalue weighted by atomic mass is 16.6. The molecule has 2 aromatic carbocycles. The molecule has 0 unspecified atom stereocenters. The highest BCUT2D eigenvalue weighted by molar-refractivity contribution is 5.96. The molecule has 9 nitrogen and oxygen atoms in total. The molecule has 0 bridgehead atoms. The van der Waals surface area contributed by atoms with Crippen LogP contribution in [0.15, 0.2) is 60.8 Å². The fourth-order valence-electron chi connectivity index (χ4n) is 6.97. The Morgan fingerprint density at radius 1 is 0.911 bits per heavy atom. The van der Waals surface area contributed by atoms with Crippen LogP contribution in [0.25, 0.3) is 5.69 Å². The lowest BCUT2D eigenvalue weighted by Crippen LogP contribution is -2.58. The number of carbonyl (C=O) groups is 2. The van der Waals surface area contributed by atoms with Crippen LogP contribution in [0.3, 0.4) is 0 Å². The summed E-state index contributed by atoms with van der Waals surface area (Å²) in [4.78, 5) is 33.8. The summed E-state index contributed by atoms with van der Waals surface area (Å²) in [6, 6.07) is 18.5. The smallest absolute Gasteiger partial charge is 0.410 e. The first-order valence-electron chi connectivity index (χ1n) is 16.6. The number of carbonyl (C=O) groups excluding carboxylic acids is 2. The van der Waals surface area contributed by atoms with E-state index in [4.69, 9.17) is 14.6 Å². The lowest BCUT2D eigenvalue weighted by Gasteiger charge is -2.42. The third kappa shape index (κ3) is 7.35. The zero-order valence-corrected chi connectivity index (χ0v) is 27.0. The van der Waals surface area contributed by atoms with Crippen LogP contribution in [-0.2, 0) is 15.9 Å². The van der Waals surface area contributed by atoms with E-state index in [9.17, 15) is 9.59 Å². The van der Waals surface area contributed by atoms with Gasteiger partial charge in [-0.3, -0.25) is 4.79 Å². The maximum Gasteiger partial charge on any atom is 0.410 e. The van der Waals surface area contributed by atoms with Gasteiger partial charge >= 0.3 is 6.09 Å². The standard InChI is InChI=1S/C36H47N5O4/c1-36(2,3)45-35(43)39-17-18-40(31(26-39)23-27-11-6-4-7-12-27)34(42)32-25-37-41(33(32)28-13-8-5-9-14-28)30-16-10-15-29(24-30)38-19-21-44-22-20-38/h4,6-7,10-12,15-16,24-25,28,31H,5,8-9,13-14,17-23,26H2,1-3H3/t31-/m1/s1. The first kappa shape index (κ1) is 31.1. The largest absolute Gasteiger partial charge is 0.444 e. The minimum atomic E-state index is -0.582. The third-order valence-corrected chi connectivity index (χ3v) is 9.19. The number of rotatable bonds is 6. The van der Waals surface area contributed by atoms with Crippen molar-refractivity contribution in [3.63, 3.8) is 0 Å². The highest BCUT2D eigenvalue weighted by Gasteiger charge is 2.37. The number of nitrogens with zero attached hydrogens (tertiary/aromatic N) is 5. The molecule has 2 aliphatic heterocycles. The van der Waals surface area contributed by atoms with Crippen LogP contribution in [0.5, 0.6) is 0 Å². The van der Waals surface area contributed by atoms with Crippen molar-refractivity contribution in [1.29, 1.82) is 0 Å². The lowest BCUT2D eigenvalue weighted by molar-refractivity contribution is 0.00434. The summed E-state index contributed by atoms with van der Waals surface area (Å²) >= 11 is 0. The molecule has 1 saturated carbocycles. The first-order valence-corrected chi connectivity index (χ1v) is 16.6. The molecular formula is C36H47N5O4. The van der Waals surface area contributed by atoms with Crippen LogP contribution in [0.2, 0.25) is 0 Å². The predicted octanol–water partition coefficient (Wildman–Crippen LogP) is 6.06. The van der Waals surface area contributed by atoms with Gasteiger partial charge in [-0.25, -0.2) is 9.48 Å². The molecule has 0 spiro atoms. The number of ether oxygens (including phenoxy) is 2. The van der Waals surface area contributed by atoms with Crippen LogP contribution in [-0.4, -0.2) is 89.2 Å². The van der Waals surface area contributed by atoms with Gasteiger partial charge in [-0.15, -0.1) is 0 Å².